The SMILES string of the molecule is CC(C)=CCCC/C=C(/CS(=O)(=O)c1ccc(C)cc1)C(=O)Nc1ccccc1. The Balaban J connectivity index is 2.19. The molecule has 0 aliphatic heterocycles. The molecule has 0 radical (unpaired) electrons. The van der Waals surface area contributed by atoms with E-state index < -0.39 is 9.84 Å². The summed E-state index contributed by atoms with van der Waals surface area (Å²) >= 11 is 0. The molecule has 0 aliphatic rings. The number of allylic oxidation sites excluding steroid dienone is 3. The van der Waals surface area contributed by atoms with Crippen LogP contribution >= 0.6 is 0 Å². The maximum atomic E-state index is 12.9. The molecule has 154 valence electrons. The average Bonchev–Trinajstić information content (AvgIpc) is 2.67. The summed E-state index contributed by atoms with van der Waals surface area (Å²) in [5.74, 6) is -0.703. The first-order valence-corrected chi connectivity index (χ1v) is 11.4. The predicted octanol–water partition coefficient (Wildman–Crippen LogP) is 5.47. The van der Waals surface area contributed by atoms with Crippen molar-refractivity contribution >= 4 is 21.4 Å². The van der Waals surface area contributed by atoms with Gasteiger partial charge >= 0.3 is 0 Å². The van der Waals surface area contributed by atoms with Gasteiger partial charge in [0.1, 0.15) is 0 Å². The van der Waals surface area contributed by atoms with Gasteiger partial charge in [0.2, 0.25) is 0 Å². The number of para-hydroxylation sites is 1. The van der Waals surface area contributed by atoms with Crippen molar-refractivity contribution in [2.75, 3.05) is 11.1 Å². The number of benzene rings is 2. The Labute approximate surface area is 174 Å². The lowest BCUT2D eigenvalue weighted by Crippen LogP contribution is -2.21. The molecule has 2 rings (SSSR count). The number of nitrogens with one attached hydrogen (secondary N) is 1. The third-order valence-electron chi connectivity index (χ3n) is 4.40. The van der Waals surface area contributed by atoms with Gasteiger partial charge in [0.25, 0.3) is 5.91 Å². The van der Waals surface area contributed by atoms with Crippen molar-refractivity contribution in [2.24, 2.45) is 0 Å². The molecule has 0 aromatic heterocycles. The Morgan fingerprint density at radius 3 is 2.17 bits per heavy atom. The lowest BCUT2D eigenvalue weighted by molar-refractivity contribution is -0.112. The van der Waals surface area contributed by atoms with Crippen molar-refractivity contribution in [1.82, 2.24) is 0 Å². The monoisotopic (exact) mass is 411 g/mol. The summed E-state index contributed by atoms with van der Waals surface area (Å²) in [6.45, 7) is 5.99. The van der Waals surface area contributed by atoms with E-state index in [0.29, 0.717) is 12.1 Å². The second kappa shape index (κ2) is 10.8. The Kier molecular flexibility index (Phi) is 8.40. The zero-order valence-electron chi connectivity index (χ0n) is 17.3. The molecule has 0 spiro atoms. The van der Waals surface area contributed by atoms with E-state index in [4.69, 9.17) is 0 Å². The first-order valence-electron chi connectivity index (χ1n) is 9.76. The van der Waals surface area contributed by atoms with Gasteiger partial charge in [-0.3, -0.25) is 4.79 Å². The van der Waals surface area contributed by atoms with Crippen LogP contribution < -0.4 is 5.32 Å². The zero-order chi connectivity index (χ0) is 21.3. The van der Waals surface area contributed by atoms with Crippen LogP contribution in [0.15, 0.2) is 82.8 Å². The van der Waals surface area contributed by atoms with Crippen LogP contribution in [-0.2, 0) is 14.6 Å². The lowest BCUT2D eigenvalue weighted by atomic mass is 10.1. The van der Waals surface area contributed by atoms with E-state index in [2.05, 4.69) is 11.4 Å². The number of hydrogen-bond acceptors (Lipinski definition) is 3. The maximum absolute atomic E-state index is 12.9. The highest BCUT2D eigenvalue weighted by molar-refractivity contribution is 7.91. The van der Waals surface area contributed by atoms with Crippen LogP contribution in [0, 0.1) is 6.92 Å². The molecule has 0 fully saturated rings. The van der Waals surface area contributed by atoms with Gasteiger partial charge in [0.05, 0.1) is 10.6 Å². The second-order valence-corrected chi connectivity index (χ2v) is 9.32. The normalized spacial score (nSPS) is 11.8. The first kappa shape index (κ1) is 22.6. The van der Waals surface area contributed by atoms with Crippen LogP contribution in [-0.4, -0.2) is 20.1 Å². The van der Waals surface area contributed by atoms with Crippen molar-refractivity contribution in [3.05, 3.63) is 83.5 Å². The van der Waals surface area contributed by atoms with E-state index in [1.807, 2.05) is 39.0 Å². The molecule has 29 heavy (non-hydrogen) atoms. The topological polar surface area (TPSA) is 63.2 Å². The van der Waals surface area contributed by atoms with Crippen LogP contribution in [0.3, 0.4) is 0 Å². The summed E-state index contributed by atoms with van der Waals surface area (Å²) in [7, 11) is -3.61. The van der Waals surface area contributed by atoms with Gasteiger partial charge in [-0.1, -0.05) is 53.6 Å². The Morgan fingerprint density at radius 2 is 1.55 bits per heavy atom. The van der Waals surface area contributed by atoms with Crippen molar-refractivity contribution in [3.8, 4) is 0 Å². The van der Waals surface area contributed by atoms with Crippen molar-refractivity contribution in [2.45, 2.75) is 44.9 Å². The van der Waals surface area contributed by atoms with Crippen LogP contribution in [0.25, 0.3) is 0 Å². The van der Waals surface area contributed by atoms with Crippen LogP contribution in [0.2, 0.25) is 0 Å². The molecule has 0 aliphatic carbocycles. The Bertz CT molecular complexity index is 969. The highest BCUT2D eigenvalue weighted by Gasteiger charge is 2.21. The molecule has 1 N–H and O–H groups in total. The standard InChI is InChI=1S/C24H29NO3S/c1-19(2)10-6-4-7-11-21(24(26)25-22-12-8-5-9-13-22)18-29(27,28)23-16-14-20(3)15-17-23/h5,8-17H,4,6-7,18H2,1-3H3,(H,25,26)/b21-11-. The summed E-state index contributed by atoms with van der Waals surface area (Å²) in [6, 6.07) is 15.8. The molecule has 0 atom stereocenters. The van der Waals surface area contributed by atoms with E-state index in [9.17, 15) is 13.2 Å². The largest absolute Gasteiger partial charge is 0.322 e. The van der Waals surface area contributed by atoms with Gasteiger partial charge < -0.3 is 5.32 Å². The van der Waals surface area contributed by atoms with Crippen LogP contribution in [0.5, 0.6) is 0 Å². The molecule has 0 bridgehead atoms. The van der Waals surface area contributed by atoms with E-state index in [1.54, 1.807) is 42.5 Å². The molecule has 5 heteroatoms. The molecular weight excluding hydrogens is 382 g/mol. The zero-order valence-corrected chi connectivity index (χ0v) is 18.1. The Morgan fingerprint density at radius 1 is 0.931 bits per heavy atom. The fourth-order valence-electron chi connectivity index (χ4n) is 2.77. The van der Waals surface area contributed by atoms with Gasteiger partial charge in [-0.25, -0.2) is 8.42 Å². The predicted molar refractivity (Wildman–Crippen MR) is 120 cm³/mol. The molecule has 2 aromatic rings. The highest BCUT2D eigenvalue weighted by atomic mass is 32.2. The summed E-state index contributed by atoms with van der Waals surface area (Å²) in [6.07, 6.45) is 6.29. The maximum Gasteiger partial charge on any atom is 0.252 e. The quantitative estimate of drug-likeness (QED) is 0.338. The molecule has 0 heterocycles. The summed E-state index contributed by atoms with van der Waals surface area (Å²) in [4.78, 5) is 13.0. The van der Waals surface area contributed by atoms with E-state index in [0.717, 1.165) is 18.4 Å². The number of carbonyl (C=O) groups excluding carboxylic acids is 1. The summed E-state index contributed by atoms with van der Waals surface area (Å²) in [5.41, 5.74) is 3.14. The molecule has 2 aromatic carbocycles. The second-order valence-electron chi connectivity index (χ2n) is 7.33. The minimum absolute atomic E-state index is 0.228. The van der Waals surface area contributed by atoms with Crippen molar-refractivity contribution in [3.63, 3.8) is 0 Å². The minimum Gasteiger partial charge on any atom is -0.322 e. The molecule has 4 nitrogen and oxygen atoms in total. The summed E-state index contributed by atoms with van der Waals surface area (Å²) < 4.78 is 25.7. The van der Waals surface area contributed by atoms with E-state index in [-0.39, 0.29) is 22.1 Å². The molecule has 1 amide bonds. The van der Waals surface area contributed by atoms with Gasteiger partial charge in [0, 0.05) is 11.3 Å². The number of sulfone groups is 1. The number of anilines is 1. The van der Waals surface area contributed by atoms with Gasteiger partial charge in [-0.2, -0.15) is 0 Å². The van der Waals surface area contributed by atoms with Gasteiger partial charge in [-0.15, -0.1) is 0 Å². The number of rotatable bonds is 9. The number of carbonyl (C=O) groups is 1. The fraction of sp³-hybridized carbons (Fsp3) is 0.292. The van der Waals surface area contributed by atoms with Crippen LogP contribution in [0.1, 0.15) is 38.7 Å². The average molecular weight is 412 g/mol. The number of unbranched alkanes of at least 4 members (excludes halogenated alkanes) is 2. The number of hydrogen-bond donors (Lipinski definition) is 1. The van der Waals surface area contributed by atoms with E-state index >= 15 is 0 Å². The number of aryl methyl sites for hydroxylation is 1. The molecule has 0 saturated heterocycles. The minimum atomic E-state index is -3.61. The van der Waals surface area contributed by atoms with Gasteiger partial charge in [0.15, 0.2) is 9.84 Å². The van der Waals surface area contributed by atoms with Crippen LogP contribution in [0.4, 0.5) is 5.69 Å². The van der Waals surface area contributed by atoms with Crippen molar-refractivity contribution in [1.29, 1.82) is 0 Å². The third-order valence-corrected chi connectivity index (χ3v) is 6.08. The molecular formula is C24H29NO3S. The van der Waals surface area contributed by atoms with E-state index in [1.165, 1.54) is 5.57 Å². The first-order chi connectivity index (χ1) is 13.8. The van der Waals surface area contributed by atoms with Crippen molar-refractivity contribution < 1.29 is 13.2 Å². The molecule has 0 saturated carbocycles. The third kappa shape index (κ3) is 7.70. The fourth-order valence-corrected chi connectivity index (χ4v) is 4.14. The molecule has 0 unspecified atom stereocenters. The lowest BCUT2D eigenvalue weighted by Gasteiger charge is -2.11. The smallest absolute Gasteiger partial charge is 0.252 e. The van der Waals surface area contributed by atoms with Gasteiger partial charge in [-0.05, 0) is 64.3 Å². The number of amides is 1. The Hall–Kier alpha value is -2.66. The summed E-state index contributed by atoms with van der Waals surface area (Å²) in [5, 5.41) is 2.80. The highest BCUT2D eigenvalue weighted by Crippen LogP contribution is 2.17.